The number of hydrogen-bond acceptors (Lipinski definition) is 5. The zero-order valence-corrected chi connectivity index (χ0v) is 10.8. The summed E-state index contributed by atoms with van der Waals surface area (Å²) >= 11 is 0. The van der Waals surface area contributed by atoms with Crippen LogP contribution in [0.3, 0.4) is 0 Å². The van der Waals surface area contributed by atoms with E-state index >= 15 is 0 Å². The molecule has 1 atom stereocenters. The molecule has 1 aromatic heterocycles. The van der Waals surface area contributed by atoms with Gasteiger partial charge in [-0.1, -0.05) is 11.3 Å². The van der Waals surface area contributed by atoms with Gasteiger partial charge >= 0.3 is 0 Å². The molecule has 0 spiro atoms. The van der Waals surface area contributed by atoms with Crippen LogP contribution in [0.4, 0.5) is 4.39 Å². The van der Waals surface area contributed by atoms with Gasteiger partial charge in [-0.3, -0.25) is 16.0 Å². The summed E-state index contributed by atoms with van der Waals surface area (Å²) < 4.78 is 20.5. The molecule has 0 radical (unpaired) electrons. The number of aryl methyl sites for hydroxylation is 1. The minimum Gasteiger partial charge on any atom is -0.497 e. The Bertz CT molecular complexity index is 557. The molecule has 0 aliphatic rings. The van der Waals surface area contributed by atoms with Crippen molar-refractivity contribution in [3.05, 3.63) is 41.5 Å². The van der Waals surface area contributed by atoms with Crippen LogP contribution >= 0.6 is 0 Å². The van der Waals surface area contributed by atoms with Crippen LogP contribution in [0, 0.1) is 5.82 Å². The molecule has 1 aromatic carbocycles. The van der Waals surface area contributed by atoms with Gasteiger partial charge in [0.25, 0.3) is 0 Å². The van der Waals surface area contributed by atoms with Crippen molar-refractivity contribution in [3.63, 3.8) is 0 Å². The molecule has 0 saturated heterocycles. The largest absolute Gasteiger partial charge is 0.497 e. The van der Waals surface area contributed by atoms with Gasteiger partial charge in [-0.15, -0.1) is 5.10 Å². The first-order valence-electron chi connectivity index (χ1n) is 5.78. The number of nitrogens with one attached hydrogen (secondary N) is 1. The number of ether oxygens (including phenoxy) is 1. The molecule has 0 aliphatic heterocycles. The Morgan fingerprint density at radius 3 is 2.84 bits per heavy atom. The zero-order chi connectivity index (χ0) is 13.8. The first-order chi connectivity index (χ1) is 9.13. The van der Waals surface area contributed by atoms with Crippen molar-refractivity contribution in [2.24, 2.45) is 12.9 Å². The molecule has 102 valence electrons. The molecule has 2 rings (SSSR count). The molecule has 0 fully saturated rings. The minimum atomic E-state index is -0.373. The van der Waals surface area contributed by atoms with Crippen LogP contribution in [-0.4, -0.2) is 22.1 Å². The third-order valence-corrected chi connectivity index (χ3v) is 2.85. The molecule has 0 amide bonds. The lowest BCUT2D eigenvalue weighted by molar-refractivity contribution is 0.409. The average molecular weight is 265 g/mol. The highest BCUT2D eigenvalue weighted by molar-refractivity contribution is 5.31. The predicted molar refractivity (Wildman–Crippen MR) is 67.7 cm³/mol. The van der Waals surface area contributed by atoms with Crippen molar-refractivity contribution < 1.29 is 9.13 Å². The number of rotatable bonds is 5. The van der Waals surface area contributed by atoms with Crippen molar-refractivity contribution in [1.29, 1.82) is 0 Å². The maximum Gasteiger partial charge on any atom is 0.131 e. The second-order valence-corrected chi connectivity index (χ2v) is 4.19. The quantitative estimate of drug-likeness (QED) is 0.615. The Kier molecular flexibility index (Phi) is 4.08. The van der Waals surface area contributed by atoms with Crippen molar-refractivity contribution >= 4 is 0 Å². The standard InChI is InChI=1S/C12H16FN5O/c1-18-7-8(16-17-18)5-12(15-14)10-4-3-9(19-2)6-11(10)13/h3-4,6-7,12,15H,5,14H2,1-2H3. The number of hydrazine groups is 1. The smallest absolute Gasteiger partial charge is 0.131 e. The molecule has 2 aromatic rings. The maximum atomic E-state index is 14.0. The van der Waals surface area contributed by atoms with Crippen molar-refractivity contribution in [1.82, 2.24) is 20.4 Å². The molecule has 19 heavy (non-hydrogen) atoms. The van der Waals surface area contributed by atoms with Gasteiger partial charge in [0.2, 0.25) is 0 Å². The number of halogens is 1. The summed E-state index contributed by atoms with van der Waals surface area (Å²) in [5, 5.41) is 7.79. The highest BCUT2D eigenvalue weighted by atomic mass is 19.1. The number of hydrogen-bond donors (Lipinski definition) is 2. The summed E-state index contributed by atoms with van der Waals surface area (Å²) in [4.78, 5) is 0. The van der Waals surface area contributed by atoms with E-state index in [1.54, 1.807) is 30.1 Å². The lowest BCUT2D eigenvalue weighted by atomic mass is 10.0. The number of methoxy groups -OCH3 is 1. The van der Waals surface area contributed by atoms with Crippen LogP contribution in [0.5, 0.6) is 5.75 Å². The summed E-state index contributed by atoms with van der Waals surface area (Å²) in [5.74, 6) is 5.60. The van der Waals surface area contributed by atoms with E-state index in [0.717, 1.165) is 5.69 Å². The van der Waals surface area contributed by atoms with Gasteiger partial charge in [0.15, 0.2) is 0 Å². The maximum absolute atomic E-state index is 14.0. The molecule has 0 aliphatic carbocycles. The van der Waals surface area contributed by atoms with Gasteiger partial charge < -0.3 is 4.74 Å². The molecule has 0 saturated carbocycles. The highest BCUT2D eigenvalue weighted by Crippen LogP contribution is 2.23. The Morgan fingerprint density at radius 2 is 2.32 bits per heavy atom. The van der Waals surface area contributed by atoms with Crippen LogP contribution in [0.1, 0.15) is 17.3 Å². The molecule has 3 N–H and O–H groups in total. The van der Waals surface area contributed by atoms with Crippen LogP contribution < -0.4 is 16.0 Å². The van der Waals surface area contributed by atoms with E-state index in [1.165, 1.54) is 13.2 Å². The summed E-state index contributed by atoms with van der Waals surface area (Å²) in [6.07, 6.45) is 2.22. The SMILES string of the molecule is COc1ccc(C(Cc2cn(C)nn2)NN)c(F)c1. The van der Waals surface area contributed by atoms with E-state index in [0.29, 0.717) is 17.7 Å². The fourth-order valence-corrected chi connectivity index (χ4v) is 1.87. The summed E-state index contributed by atoms with van der Waals surface area (Å²) in [5.41, 5.74) is 3.80. The Balaban J connectivity index is 2.21. The van der Waals surface area contributed by atoms with E-state index in [-0.39, 0.29) is 11.9 Å². The molecule has 1 unspecified atom stereocenters. The topological polar surface area (TPSA) is 78.0 Å². The first kappa shape index (κ1) is 13.4. The van der Waals surface area contributed by atoms with Gasteiger partial charge in [0.05, 0.1) is 18.8 Å². The van der Waals surface area contributed by atoms with E-state index in [1.807, 2.05) is 0 Å². The van der Waals surface area contributed by atoms with Gasteiger partial charge in [-0.25, -0.2) is 4.39 Å². The van der Waals surface area contributed by atoms with E-state index < -0.39 is 0 Å². The lowest BCUT2D eigenvalue weighted by Crippen LogP contribution is -2.30. The normalized spacial score (nSPS) is 12.4. The fraction of sp³-hybridized carbons (Fsp3) is 0.333. The molecule has 0 bridgehead atoms. The first-order valence-corrected chi connectivity index (χ1v) is 5.78. The van der Waals surface area contributed by atoms with Crippen LogP contribution in [0.2, 0.25) is 0 Å². The number of benzene rings is 1. The Labute approximate surface area is 110 Å². The molecular weight excluding hydrogens is 249 g/mol. The van der Waals surface area contributed by atoms with Gasteiger partial charge in [0, 0.05) is 31.3 Å². The van der Waals surface area contributed by atoms with Crippen LogP contribution in [-0.2, 0) is 13.5 Å². The predicted octanol–water partition coefficient (Wildman–Crippen LogP) is 0.710. The second kappa shape index (κ2) is 5.77. The highest BCUT2D eigenvalue weighted by Gasteiger charge is 2.17. The van der Waals surface area contributed by atoms with Crippen molar-refractivity contribution in [2.75, 3.05) is 7.11 Å². The van der Waals surface area contributed by atoms with Gasteiger partial charge in [0.1, 0.15) is 11.6 Å². The monoisotopic (exact) mass is 265 g/mol. The summed E-state index contributed by atoms with van der Waals surface area (Å²) in [6.45, 7) is 0. The third kappa shape index (κ3) is 3.07. The number of nitrogens with two attached hydrogens (primary N) is 1. The van der Waals surface area contributed by atoms with E-state index in [4.69, 9.17) is 10.6 Å². The van der Waals surface area contributed by atoms with Crippen molar-refractivity contribution in [3.8, 4) is 5.75 Å². The average Bonchev–Trinajstić information content (AvgIpc) is 2.81. The zero-order valence-electron chi connectivity index (χ0n) is 10.8. The van der Waals surface area contributed by atoms with E-state index in [9.17, 15) is 4.39 Å². The molecule has 7 heteroatoms. The summed E-state index contributed by atoms with van der Waals surface area (Å²) in [7, 11) is 3.27. The van der Waals surface area contributed by atoms with Crippen LogP contribution in [0.15, 0.2) is 24.4 Å². The number of nitrogens with zero attached hydrogens (tertiary/aromatic N) is 3. The Hall–Kier alpha value is -1.99. The Morgan fingerprint density at radius 1 is 1.53 bits per heavy atom. The second-order valence-electron chi connectivity index (χ2n) is 4.19. The molecule has 1 heterocycles. The molecular formula is C12H16FN5O. The number of aromatic nitrogens is 3. The minimum absolute atomic E-state index is 0.369. The lowest BCUT2D eigenvalue weighted by Gasteiger charge is -2.16. The van der Waals surface area contributed by atoms with Crippen molar-refractivity contribution in [2.45, 2.75) is 12.5 Å². The van der Waals surface area contributed by atoms with Gasteiger partial charge in [-0.2, -0.15) is 0 Å². The van der Waals surface area contributed by atoms with E-state index in [2.05, 4.69) is 15.7 Å². The summed E-state index contributed by atoms with van der Waals surface area (Å²) in [6, 6.07) is 4.30. The van der Waals surface area contributed by atoms with Gasteiger partial charge in [-0.05, 0) is 6.07 Å². The van der Waals surface area contributed by atoms with Crippen LogP contribution in [0.25, 0.3) is 0 Å². The fourth-order valence-electron chi connectivity index (χ4n) is 1.87. The third-order valence-electron chi connectivity index (χ3n) is 2.85. The molecule has 6 nitrogen and oxygen atoms in total.